The van der Waals surface area contributed by atoms with E-state index in [0.717, 1.165) is 16.7 Å². The second-order valence-corrected chi connectivity index (χ2v) is 11.9. The van der Waals surface area contributed by atoms with Crippen molar-refractivity contribution in [3.05, 3.63) is 139 Å². The summed E-state index contributed by atoms with van der Waals surface area (Å²) in [6, 6.07) is 34.5. The largest absolute Gasteiger partial charge is 0.497 e. The third-order valence-corrected chi connectivity index (χ3v) is 8.88. The Morgan fingerprint density at radius 2 is 1.43 bits per heavy atom. The number of methoxy groups -OCH3 is 2. The summed E-state index contributed by atoms with van der Waals surface area (Å²) >= 11 is 0. The van der Waals surface area contributed by atoms with Crippen molar-refractivity contribution in [2.75, 3.05) is 32.8 Å². The predicted octanol–water partition coefficient (Wildman–Crippen LogP) is 5.52. The van der Waals surface area contributed by atoms with Crippen LogP contribution in [0.25, 0.3) is 11.2 Å². The molecule has 260 valence electrons. The number of hydrogen-bond acceptors (Lipinski definition) is 10. The topological polar surface area (TPSA) is 139 Å². The molecular formula is C39H37N5O7. The summed E-state index contributed by atoms with van der Waals surface area (Å²) in [5, 5.41) is 14.1. The standard InChI is InChI=1S/C39H37N5O7/c1-47-29-17-13-27(14-18-29)39(26-9-5-3-6-10-26,28-15-19-30(48-2)20-16-28)50-22-33-32(45)21-35(51-33)44-25-42-36-37(40-24-41-38(36)44)43-34(46)23-49-31-11-7-4-8-12-31/h3-20,24-25,32-33,35,45H,21-23H2,1-2H3,(H,40,41,43,46)/t32-,33?,35?/m1/s1. The number of rotatable bonds is 13. The zero-order valence-corrected chi connectivity index (χ0v) is 28.1. The first-order valence-corrected chi connectivity index (χ1v) is 16.5. The Morgan fingerprint density at radius 1 is 0.824 bits per heavy atom. The fourth-order valence-corrected chi connectivity index (χ4v) is 6.31. The van der Waals surface area contributed by atoms with Crippen LogP contribution >= 0.6 is 0 Å². The number of imidazole rings is 1. The molecule has 0 bridgehead atoms. The molecule has 2 N–H and O–H groups in total. The highest BCUT2D eigenvalue weighted by molar-refractivity contribution is 5.97. The lowest BCUT2D eigenvalue weighted by Crippen LogP contribution is -2.38. The smallest absolute Gasteiger partial charge is 0.263 e. The molecule has 2 unspecified atom stereocenters. The lowest BCUT2D eigenvalue weighted by molar-refractivity contribution is -0.118. The van der Waals surface area contributed by atoms with Crippen LogP contribution in [0.15, 0.2) is 122 Å². The minimum Gasteiger partial charge on any atom is -0.497 e. The molecule has 12 nitrogen and oxygen atoms in total. The van der Waals surface area contributed by atoms with Crippen molar-refractivity contribution >= 4 is 22.9 Å². The normalized spacial score (nSPS) is 17.3. The van der Waals surface area contributed by atoms with Gasteiger partial charge in [0.1, 0.15) is 41.5 Å². The number of para-hydroxylation sites is 1. The van der Waals surface area contributed by atoms with Gasteiger partial charge in [0.15, 0.2) is 23.6 Å². The molecule has 1 fully saturated rings. The van der Waals surface area contributed by atoms with Crippen molar-refractivity contribution in [1.29, 1.82) is 0 Å². The molecule has 12 heteroatoms. The average Bonchev–Trinajstić information content (AvgIpc) is 3.79. The highest BCUT2D eigenvalue weighted by Crippen LogP contribution is 2.43. The van der Waals surface area contributed by atoms with Crippen molar-refractivity contribution in [2.45, 2.75) is 30.5 Å². The lowest BCUT2D eigenvalue weighted by Gasteiger charge is -2.37. The van der Waals surface area contributed by atoms with Gasteiger partial charge in [-0.15, -0.1) is 0 Å². The van der Waals surface area contributed by atoms with E-state index in [-0.39, 0.29) is 25.5 Å². The van der Waals surface area contributed by atoms with Crippen molar-refractivity contribution in [3.63, 3.8) is 0 Å². The Balaban J connectivity index is 1.13. The van der Waals surface area contributed by atoms with Crippen molar-refractivity contribution < 1.29 is 33.6 Å². The molecule has 51 heavy (non-hydrogen) atoms. The number of aliphatic hydroxyl groups is 1. The second-order valence-electron chi connectivity index (χ2n) is 11.9. The molecule has 1 aliphatic rings. The Morgan fingerprint density at radius 3 is 2.06 bits per heavy atom. The lowest BCUT2D eigenvalue weighted by atomic mass is 9.80. The number of anilines is 1. The van der Waals surface area contributed by atoms with E-state index in [9.17, 15) is 9.90 Å². The summed E-state index contributed by atoms with van der Waals surface area (Å²) in [4.78, 5) is 25.8. The van der Waals surface area contributed by atoms with Crippen LogP contribution in [0.4, 0.5) is 5.82 Å². The van der Waals surface area contributed by atoms with E-state index in [1.165, 1.54) is 6.33 Å². The molecule has 1 saturated heterocycles. The van der Waals surface area contributed by atoms with Gasteiger partial charge < -0.3 is 34.1 Å². The molecule has 0 spiro atoms. The zero-order valence-electron chi connectivity index (χ0n) is 28.1. The number of carbonyl (C=O) groups is 1. The van der Waals surface area contributed by atoms with Crippen LogP contribution < -0.4 is 19.5 Å². The predicted molar refractivity (Wildman–Crippen MR) is 189 cm³/mol. The third kappa shape index (κ3) is 6.97. The summed E-state index contributed by atoms with van der Waals surface area (Å²) in [6.45, 7) is -0.150. The summed E-state index contributed by atoms with van der Waals surface area (Å²) in [5.74, 6) is 1.85. The van der Waals surface area contributed by atoms with Gasteiger partial charge in [0.05, 0.1) is 33.3 Å². The molecule has 2 aromatic heterocycles. The number of nitrogens with zero attached hydrogens (tertiary/aromatic N) is 4. The third-order valence-electron chi connectivity index (χ3n) is 8.88. The van der Waals surface area contributed by atoms with Crippen LogP contribution in [0.3, 0.4) is 0 Å². The number of benzene rings is 4. The molecule has 0 saturated carbocycles. The van der Waals surface area contributed by atoms with Gasteiger partial charge in [0.2, 0.25) is 0 Å². The fraction of sp³-hybridized carbons (Fsp3) is 0.231. The molecule has 7 rings (SSSR count). The number of aromatic nitrogens is 4. The van der Waals surface area contributed by atoms with E-state index in [1.807, 2.05) is 97.1 Å². The van der Waals surface area contributed by atoms with Crippen LogP contribution in [0.1, 0.15) is 29.3 Å². The maximum absolute atomic E-state index is 12.7. The van der Waals surface area contributed by atoms with Gasteiger partial charge in [-0.25, -0.2) is 15.0 Å². The Hall–Kier alpha value is -5.82. The minimum absolute atomic E-state index is 0.0506. The molecule has 6 aromatic rings. The van der Waals surface area contributed by atoms with Crippen LogP contribution in [0.5, 0.6) is 17.2 Å². The van der Waals surface area contributed by atoms with E-state index in [1.54, 1.807) is 37.2 Å². The van der Waals surface area contributed by atoms with Gasteiger partial charge in [-0.05, 0) is 53.1 Å². The molecule has 1 aliphatic heterocycles. The van der Waals surface area contributed by atoms with Crippen LogP contribution in [-0.2, 0) is 19.9 Å². The average molecular weight is 688 g/mol. The quantitative estimate of drug-likeness (QED) is 0.149. The van der Waals surface area contributed by atoms with Gasteiger partial charge in [-0.2, -0.15) is 0 Å². The first kappa shape index (κ1) is 33.7. The molecule has 3 atom stereocenters. The van der Waals surface area contributed by atoms with Crippen LogP contribution in [0.2, 0.25) is 0 Å². The van der Waals surface area contributed by atoms with Gasteiger partial charge >= 0.3 is 0 Å². The first-order chi connectivity index (χ1) is 25.0. The number of carbonyl (C=O) groups excluding carboxylic acids is 1. The molecular weight excluding hydrogens is 650 g/mol. The molecule has 3 heterocycles. The van der Waals surface area contributed by atoms with Crippen LogP contribution in [-0.4, -0.2) is 70.2 Å². The van der Waals surface area contributed by atoms with E-state index < -0.39 is 29.9 Å². The van der Waals surface area contributed by atoms with Gasteiger partial charge in [0.25, 0.3) is 5.91 Å². The van der Waals surface area contributed by atoms with E-state index in [4.69, 9.17) is 23.7 Å². The number of fused-ring (bicyclic) bond motifs is 1. The summed E-state index contributed by atoms with van der Waals surface area (Å²) < 4.78 is 31.6. The molecule has 1 amide bonds. The second kappa shape index (κ2) is 15.0. The maximum atomic E-state index is 12.7. The van der Waals surface area contributed by atoms with Gasteiger partial charge in [-0.3, -0.25) is 9.36 Å². The number of hydrogen-bond donors (Lipinski definition) is 2. The van der Waals surface area contributed by atoms with Crippen LogP contribution in [0, 0.1) is 0 Å². The Kier molecular flexibility index (Phi) is 9.88. The Labute approximate surface area is 294 Å². The van der Waals surface area contributed by atoms with Gasteiger partial charge in [-0.1, -0.05) is 72.8 Å². The highest BCUT2D eigenvalue weighted by Gasteiger charge is 2.42. The molecule has 0 aliphatic carbocycles. The van der Waals surface area contributed by atoms with Crippen molar-refractivity contribution in [3.8, 4) is 17.2 Å². The van der Waals surface area contributed by atoms with E-state index in [0.29, 0.717) is 28.4 Å². The summed E-state index contributed by atoms with van der Waals surface area (Å²) in [5.41, 5.74) is 2.37. The highest BCUT2D eigenvalue weighted by atomic mass is 16.6. The zero-order chi connectivity index (χ0) is 35.2. The fourth-order valence-electron chi connectivity index (χ4n) is 6.31. The maximum Gasteiger partial charge on any atom is 0.263 e. The summed E-state index contributed by atoms with van der Waals surface area (Å²) in [7, 11) is 3.26. The number of ether oxygens (including phenoxy) is 5. The van der Waals surface area contributed by atoms with Crippen molar-refractivity contribution in [1.82, 2.24) is 19.5 Å². The van der Waals surface area contributed by atoms with E-state index in [2.05, 4.69) is 20.3 Å². The van der Waals surface area contributed by atoms with Crippen molar-refractivity contribution in [2.24, 2.45) is 0 Å². The minimum atomic E-state index is -1.08. The number of amides is 1. The first-order valence-electron chi connectivity index (χ1n) is 16.5. The number of nitrogens with one attached hydrogen (secondary N) is 1. The van der Waals surface area contributed by atoms with Gasteiger partial charge in [0, 0.05) is 6.42 Å². The number of aliphatic hydroxyl groups excluding tert-OH is 1. The monoisotopic (exact) mass is 687 g/mol. The Bertz CT molecular complexity index is 2010. The summed E-state index contributed by atoms with van der Waals surface area (Å²) in [6.07, 6.45) is 1.02. The SMILES string of the molecule is COc1ccc(C(OCC2OC(n3cnc4c(NC(=O)COc5ccccc5)ncnc43)C[C@H]2O)(c2ccccc2)c2ccc(OC)cc2)cc1. The molecule has 0 radical (unpaired) electrons. The molecule has 4 aromatic carbocycles. The van der Waals surface area contributed by atoms with E-state index >= 15 is 0 Å².